The van der Waals surface area contributed by atoms with E-state index in [0.717, 1.165) is 0 Å². The molecule has 0 spiro atoms. The number of nitrogens with one attached hydrogen (secondary N) is 2. The minimum atomic E-state index is -0.545. The number of hydrogen-bond acceptors (Lipinski definition) is 5. The summed E-state index contributed by atoms with van der Waals surface area (Å²) in [6.45, 7) is -0.624. The standard InChI is InChI=1S/C16H14FN3O5/c17-11-1-3-12(4-2-11)19-15(21)9-18-16(22)10-25-14-7-5-13(6-8-14)20(23)24/h1-8H,9-10H2,(H,18,22)(H,19,21). The molecular weight excluding hydrogens is 333 g/mol. The molecule has 0 fully saturated rings. The summed E-state index contributed by atoms with van der Waals surface area (Å²) >= 11 is 0. The number of rotatable bonds is 7. The Balaban J connectivity index is 1.72. The molecule has 130 valence electrons. The van der Waals surface area contributed by atoms with Crippen molar-refractivity contribution in [3.63, 3.8) is 0 Å². The normalized spacial score (nSPS) is 9.96. The second-order valence-electron chi connectivity index (χ2n) is 4.87. The van der Waals surface area contributed by atoms with Crippen molar-refractivity contribution in [2.75, 3.05) is 18.5 Å². The molecule has 0 bridgehead atoms. The van der Waals surface area contributed by atoms with Crippen molar-refractivity contribution < 1.29 is 23.6 Å². The number of nitrogens with zero attached hydrogens (tertiary/aromatic N) is 1. The first-order valence-corrected chi connectivity index (χ1v) is 7.13. The molecule has 25 heavy (non-hydrogen) atoms. The van der Waals surface area contributed by atoms with E-state index >= 15 is 0 Å². The highest BCUT2D eigenvalue weighted by Crippen LogP contribution is 2.17. The second-order valence-corrected chi connectivity index (χ2v) is 4.87. The lowest BCUT2D eigenvalue weighted by Crippen LogP contribution is -2.35. The first-order chi connectivity index (χ1) is 11.9. The summed E-state index contributed by atoms with van der Waals surface area (Å²) in [7, 11) is 0. The van der Waals surface area contributed by atoms with Crippen LogP contribution in [0.4, 0.5) is 15.8 Å². The lowest BCUT2D eigenvalue weighted by molar-refractivity contribution is -0.384. The summed E-state index contributed by atoms with van der Waals surface area (Å²) in [4.78, 5) is 33.2. The number of halogens is 1. The predicted molar refractivity (Wildman–Crippen MR) is 86.6 cm³/mol. The van der Waals surface area contributed by atoms with Gasteiger partial charge in [0.2, 0.25) is 5.91 Å². The maximum Gasteiger partial charge on any atom is 0.269 e. The Kier molecular flexibility index (Phi) is 5.99. The molecule has 8 nitrogen and oxygen atoms in total. The van der Waals surface area contributed by atoms with Crippen LogP contribution >= 0.6 is 0 Å². The molecule has 0 aromatic heterocycles. The topological polar surface area (TPSA) is 111 Å². The Morgan fingerprint density at radius 3 is 2.28 bits per heavy atom. The zero-order valence-electron chi connectivity index (χ0n) is 12.9. The number of nitro groups is 1. The van der Waals surface area contributed by atoms with E-state index in [1.807, 2.05) is 0 Å². The van der Waals surface area contributed by atoms with Gasteiger partial charge in [0.1, 0.15) is 11.6 Å². The number of nitro benzene ring substituents is 1. The molecular formula is C16H14FN3O5. The first-order valence-electron chi connectivity index (χ1n) is 7.13. The third-order valence-corrected chi connectivity index (χ3v) is 2.99. The van der Waals surface area contributed by atoms with Gasteiger partial charge in [-0.05, 0) is 36.4 Å². The van der Waals surface area contributed by atoms with Crippen LogP contribution in [0.1, 0.15) is 0 Å². The van der Waals surface area contributed by atoms with Crippen LogP contribution in [0.15, 0.2) is 48.5 Å². The van der Waals surface area contributed by atoms with Crippen LogP contribution in [-0.2, 0) is 9.59 Å². The van der Waals surface area contributed by atoms with Crippen LogP contribution in [0.5, 0.6) is 5.75 Å². The average Bonchev–Trinajstić information content (AvgIpc) is 2.60. The summed E-state index contributed by atoms with van der Waals surface area (Å²) in [5.41, 5.74) is 0.317. The van der Waals surface area contributed by atoms with Gasteiger partial charge in [0, 0.05) is 17.8 Å². The van der Waals surface area contributed by atoms with Gasteiger partial charge in [-0.2, -0.15) is 0 Å². The fourth-order valence-electron chi connectivity index (χ4n) is 1.78. The van der Waals surface area contributed by atoms with Crippen LogP contribution in [0, 0.1) is 15.9 Å². The number of non-ortho nitro benzene ring substituents is 1. The fraction of sp³-hybridized carbons (Fsp3) is 0.125. The second kappa shape index (κ2) is 8.39. The molecule has 0 saturated heterocycles. The third kappa shape index (κ3) is 5.90. The molecule has 0 saturated carbocycles. The number of ether oxygens (including phenoxy) is 1. The SMILES string of the molecule is O=C(COc1ccc([N+](=O)[O-])cc1)NCC(=O)Nc1ccc(F)cc1. The lowest BCUT2D eigenvalue weighted by atomic mass is 10.3. The van der Waals surface area contributed by atoms with E-state index < -0.39 is 22.6 Å². The zero-order chi connectivity index (χ0) is 18.2. The van der Waals surface area contributed by atoms with E-state index in [2.05, 4.69) is 10.6 Å². The predicted octanol–water partition coefficient (Wildman–Crippen LogP) is 1.87. The van der Waals surface area contributed by atoms with Crippen LogP contribution in [-0.4, -0.2) is 29.9 Å². The summed E-state index contributed by atoms with van der Waals surface area (Å²) in [5, 5.41) is 15.4. The van der Waals surface area contributed by atoms with Crippen LogP contribution in [0.2, 0.25) is 0 Å². The van der Waals surface area contributed by atoms with Gasteiger partial charge in [0.05, 0.1) is 11.5 Å². The van der Waals surface area contributed by atoms with Crippen LogP contribution in [0.25, 0.3) is 0 Å². The van der Waals surface area contributed by atoms with Gasteiger partial charge in [0.25, 0.3) is 11.6 Å². The number of hydrogen-bond donors (Lipinski definition) is 2. The molecule has 2 aromatic carbocycles. The van der Waals surface area contributed by atoms with Crippen molar-refractivity contribution in [1.82, 2.24) is 5.32 Å². The molecule has 0 radical (unpaired) electrons. The summed E-state index contributed by atoms with van der Waals surface area (Å²) in [6.07, 6.45) is 0. The van der Waals surface area contributed by atoms with Gasteiger partial charge in [-0.15, -0.1) is 0 Å². The quantitative estimate of drug-likeness (QED) is 0.587. The Labute approximate surface area is 141 Å². The number of benzene rings is 2. The van der Waals surface area contributed by atoms with Crippen LogP contribution in [0.3, 0.4) is 0 Å². The Bertz CT molecular complexity index is 762. The van der Waals surface area contributed by atoms with Gasteiger partial charge >= 0.3 is 0 Å². The van der Waals surface area contributed by atoms with E-state index in [1.165, 1.54) is 48.5 Å². The monoisotopic (exact) mass is 347 g/mol. The average molecular weight is 347 g/mol. The highest BCUT2D eigenvalue weighted by atomic mass is 19.1. The van der Waals surface area contributed by atoms with Crippen molar-refractivity contribution in [1.29, 1.82) is 0 Å². The summed E-state index contributed by atoms with van der Waals surface area (Å²) < 4.78 is 17.9. The van der Waals surface area contributed by atoms with Gasteiger partial charge in [0.15, 0.2) is 6.61 Å². The first kappa shape index (κ1) is 17.9. The van der Waals surface area contributed by atoms with E-state index in [-0.39, 0.29) is 24.6 Å². The number of carbonyl (C=O) groups excluding carboxylic acids is 2. The molecule has 2 aromatic rings. The van der Waals surface area contributed by atoms with E-state index in [4.69, 9.17) is 4.74 Å². The zero-order valence-corrected chi connectivity index (χ0v) is 12.9. The number of amides is 2. The third-order valence-electron chi connectivity index (χ3n) is 2.99. The Hall–Kier alpha value is -3.49. The molecule has 9 heteroatoms. The van der Waals surface area contributed by atoms with Crippen molar-refractivity contribution in [2.45, 2.75) is 0 Å². The van der Waals surface area contributed by atoms with Crippen molar-refractivity contribution in [3.05, 3.63) is 64.5 Å². The molecule has 2 amide bonds. The van der Waals surface area contributed by atoms with Gasteiger partial charge in [-0.25, -0.2) is 4.39 Å². The molecule has 0 aliphatic heterocycles. The van der Waals surface area contributed by atoms with Gasteiger partial charge in [-0.3, -0.25) is 19.7 Å². The maximum absolute atomic E-state index is 12.7. The molecule has 0 heterocycles. The van der Waals surface area contributed by atoms with Gasteiger partial charge in [-0.1, -0.05) is 0 Å². The minimum Gasteiger partial charge on any atom is -0.484 e. The fourth-order valence-corrected chi connectivity index (χ4v) is 1.78. The molecule has 0 aliphatic carbocycles. The summed E-state index contributed by atoms with van der Waals surface area (Å²) in [6, 6.07) is 10.4. The lowest BCUT2D eigenvalue weighted by Gasteiger charge is -2.08. The Morgan fingerprint density at radius 2 is 1.68 bits per heavy atom. The maximum atomic E-state index is 12.7. The Morgan fingerprint density at radius 1 is 1.04 bits per heavy atom. The molecule has 0 atom stereocenters. The van der Waals surface area contributed by atoms with Gasteiger partial charge < -0.3 is 15.4 Å². The van der Waals surface area contributed by atoms with Crippen LogP contribution < -0.4 is 15.4 Å². The van der Waals surface area contributed by atoms with E-state index in [0.29, 0.717) is 5.69 Å². The van der Waals surface area contributed by atoms with E-state index in [1.54, 1.807) is 0 Å². The molecule has 2 N–H and O–H groups in total. The van der Waals surface area contributed by atoms with E-state index in [9.17, 15) is 24.1 Å². The number of anilines is 1. The minimum absolute atomic E-state index is 0.0886. The number of carbonyl (C=O) groups is 2. The largest absolute Gasteiger partial charge is 0.484 e. The van der Waals surface area contributed by atoms with Crippen molar-refractivity contribution >= 4 is 23.2 Å². The smallest absolute Gasteiger partial charge is 0.269 e. The van der Waals surface area contributed by atoms with Crippen molar-refractivity contribution in [2.24, 2.45) is 0 Å². The highest BCUT2D eigenvalue weighted by molar-refractivity contribution is 5.94. The highest BCUT2D eigenvalue weighted by Gasteiger charge is 2.08. The van der Waals surface area contributed by atoms with Crippen molar-refractivity contribution in [3.8, 4) is 5.75 Å². The summed E-state index contributed by atoms with van der Waals surface area (Å²) in [5.74, 6) is -1.14. The molecule has 2 rings (SSSR count). The molecule has 0 unspecified atom stereocenters. The molecule has 0 aliphatic rings.